The van der Waals surface area contributed by atoms with Crippen molar-refractivity contribution in [3.63, 3.8) is 0 Å². The number of urea groups is 2. The van der Waals surface area contributed by atoms with E-state index in [0.29, 0.717) is 26.2 Å². The Morgan fingerprint density at radius 2 is 0.857 bits per heavy atom. The van der Waals surface area contributed by atoms with Crippen LogP contribution in [0, 0.1) is 0 Å². The first-order chi connectivity index (χ1) is 16.7. The third-order valence-electron chi connectivity index (χ3n) is 5.18. The highest BCUT2D eigenvalue weighted by Crippen LogP contribution is 1.97. The molecule has 0 unspecified atom stereocenters. The number of unbranched alkanes of at least 4 members (excludes halogenated alkanes) is 1. The summed E-state index contributed by atoms with van der Waals surface area (Å²) in [6.07, 6.45) is 4.03. The molecule has 8 nitrogen and oxygen atoms in total. The van der Waals surface area contributed by atoms with Gasteiger partial charge in [-0.2, -0.15) is 0 Å². The Labute approximate surface area is 211 Å². The lowest BCUT2D eigenvalue weighted by Crippen LogP contribution is -2.36. The fourth-order valence-corrected chi connectivity index (χ4v) is 3.26. The molecule has 0 heterocycles. The molecule has 6 N–H and O–H groups in total. The van der Waals surface area contributed by atoms with E-state index in [9.17, 15) is 9.59 Å². The minimum Gasteiger partial charge on any atom is -0.338 e. The van der Waals surface area contributed by atoms with Gasteiger partial charge in [-0.25, -0.2) is 9.59 Å². The van der Waals surface area contributed by atoms with Gasteiger partial charge in [0, 0.05) is 26.2 Å². The van der Waals surface area contributed by atoms with Gasteiger partial charge in [0.05, 0.1) is 0 Å². The SMILES string of the molecule is C.O=C(NCCCNCCCCNCCCNC(=O)NCc1ccccc1)NCc1ccccc1. The highest BCUT2D eigenvalue weighted by molar-refractivity contribution is 5.74. The first-order valence-electron chi connectivity index (χ1n) is 12.3. The zero-order valence-corrected chi connectivity index (χ0v) is 20.1. The fraction of sp³-hybridized carbons (Fsp3) is 0.481. The molecule has 0 aliphatic carbocycles. The van der Waals surface area contributed by atoms with Crippen molar-refractivity contribution in [3.05, 3.63) is 71.8 Å². The van der Waals surface area contributed by atoms with E-state index in [2.05, 4.69) is 31.9 Å². The number of benzene rings is 2. The number of carbonyl (C=O) groups is 2. The Bertz CT molecular complexity index is 721. The molecule has 2 aromatic carbocycles. The van der Waals surface area contributed by atoms with E-state index in [0.717, 1.165) is 63.0 Å². The lowest BCUT2D eigenvalue weighted by atomic mass is 10.2. The number of rotatable bonds is 17. The molecule has 0 fully saturated rings. The topological polar surface area (TPSA) is 106 Å². The van der Waals surface area contributed by atoms with E-state index in [-0.39, 0.29) is 19.5 Å². The predicted molar refractivity (Wildman–Crippen MR) is 144 cm³/mol. The minimum absolute atomic E-state index is 0. The molecular formula is C27H44N6O2. The van der Waals surface area contributed by atoms with Crippen LogP contribution in [0.4, 0.5) is 9.59 Å². The van der Waals surface area contributed by atoms with Crippen molar-refractivity contribution < 1.29 is 9.59 Å². The summed E-state index contributed by atoms with van der Waals surface area (Å²) in [4.78, 5) is 23.5. The maximum atomic E-state index is 11.8. The first-order valence-corrected chi connectivity index (χ1v) is 12.3. The van der Waals surface area contributed by atoms with Crippen LogP contribution >= 0.6 is 0 Å². The van der Waals surface area contributed by atoms with Gasteiger partial charge in [0.25, 0.3) is 0 Å². The molecule has 0 radical (unpaired) electrons. The maximum absolute atomic E-state index is 11.8. The van der Waals surface area contributed by atoms with Crippen molar-refractivity contribution in [2.24, 2.45) is 0 Å². The van der Waals surface area contributed by atoms with Crippen LogP contribution in [0.5, 0.6) is 0 Å². The Balaban J connectivity index is 0.00000612. The van der Waals surface area contributed by atoms with Crippen LogP contribution in [0.2, 0.25) is 0 Å². The minimum atomic E-state index is -0.127. The molecule has 0 bridgehead atoms. The number of amides is 4. The van der Waals surface area contributed by atoms with E-state index in [1.54, 1.807) is 0 Å². The fourth-order valence-electron chi connectivity index (χ4n) is 3.26. The van der Waals surface area contributed by atoms with E-state index in [1.165, 1.54) is 0 Å². The molecule has 0 spiro atoms. The summed E-state index contributed by atoms with van der Waals surface area (Å²) in [6, 6.07) is 19.5. The van der Waals surface area contributed by atoms with Crippen molar-refractivity contribution in [1.29, 1.82) is 0 Å². The van der Waals surface area contributed by atoms with Crippen LogP contribution in [0.1, 0.15) is 44.2 Å². The summed E-state index contributed by atoms with van der Waals surface area (Å²) in [5.41, 5.74) is 2.18. The van der Waals surface area contributed by atoms with Crippen LogP contribution in [0.3, 0.4) is 0 Å². The summed E-state index contributed by atoms with van der Waals surface area (Å²) in [7, 11) is 0. The van der Waals surface area contributed by atoms with Gasteiger partial charge in [0.2, 0.25) is 0 Å². The number of nitrogens with one attached hydrogen (secondary N) is 6. The third kappa shape index (κ3) is 16.2. The Morgan fingerprint density at radius 1 is 0.486 bits per heavy atom. The van der Waals surface area contributed by atoms with Crippen LogP contribution < -0.4 is 31.9 Å². The summed E-state index contributed by atoms with van der Waals surface area (Å²) < 4.78 is 0. The van der Waals surface area contributed by atoms with Gasteiger partial charge in [0.15, 0.2) is 0 Å². The van der Waals surface area contributed by atoms with Crippen molar-refractivity contribution >= 4 is 12.1 Å². The molecule has 0 saturated carbocycles. The zero-order chi connectivity index (χ0) is 24.1. The van der Waals surface area contributed by atoms with Crippen molar-refractivity contribution in [3.8, 4) is 0 Å². The molecule has 4 amide bonds. The van der Waals surface area contributed by atoms with Gasteiger partial charge in [-0.3, -0.25) is 0 Å². The van der Waals surface area contributed by atoms with Crippen molar-refractivity contribution in [2.45, 2.75) is 46.2 Å². The molecule has 0 saturated heterocycles. The van der Waals surface area contributed by atoms with Gasteiger partial charge in [-0.05, 0) is 63.0 Å². The lowest BCUT2D eigenvalue weighted by Gasteiger charge is -2.09. The van der Waals surface area contributed by atoms with Gasteiger partial charge in [-0.1, -0.05) is 68.1 Å². The van der Waals surface area contributed by atoms with E-state index >= 15 is 0 Å². The summed E-state index contributed by atoms with van der Waals surface area (Å²) >= 11 is 0. The summed E-state index contributed by atoms with van der Waals surface area (Å²) in [6.45, 7) is 6.14. The highest BCUT2D eigenvalue weighted by Gasteiger charge is 2.00. The lowest BCUT2D eigenvalue weighted by molar-refractivity contribution is 0.239. The molecular weight excluding hydrogens is 440 g/mol. The molecule has 2 rings (SSSR count). The molecule has 0 aliphatic rings. The van der Waals surface area contributed by atoms with Crippen LogP contribution in [-0.4, -0.2) is 51.3 Å². The second-order valence-corrected chi connectivity index (χ2v) is 8.10. The third-order valence-corrected chi connectivity index (χ3v) is 5.18. The van der Waals surface area contributed by atoms with Gasteiger partial charge < -0.3 is 31.9 Å². The summed E-state index contributed by atoms with van der Waals surface area (Å²) in [5, 5.41) is 18.3. The molecule has 35 heavy (non-hydrogen) atoms. The number of carbonyl (C=O) groups excluding carboxylic acids is 2. The molecule has 0 atom stereocenters. The zero-order valence-electron chi connectivity index (χ0n) is 20.1. The van der Waals surface area contributed by atoms with E-state index < -0.39 is 0 Å². The van der Waals surface area contributed by atoms with Crippen LogP contribution in [0.15, 0.2) is 60.7 Å². The largest absolute Gasteiger partial charge is 0.338 e. The van der Waals surface area contributed by atoms with Crippen molar-refractivity contribution in [1.82, 2.24) is 31.9 Å². The monoisotopic (exact) mass is 484 g/mol. The van der Waals surface area contributed by atoms with E-state index in [1.807, 2.05) is 60.7 Å². The quantitative estimate of drug-likeness (QED) is 0.194. The second kappa shape index (κ2) is 20.3. The average molecular weight is 485 g/mol. The molecule has 8 heteroatoms. The van der Waals surface area contributed by atoms with Crippen molar-refractivity contribution in [2.75, 3.05) is 39.3 Å². The van der Waals surface area contributed by atoms with Crippen LogP contribution in [-0.2, 0) is 13.1 Å². The first kappa shape index (κ1) is 29.9. The standard InChI is InChI=1S/C26H40N6O2.CH4/c33-25(31-21-23-11-3-1-4-12-23)29-19-9-17-27-15-7-8-16-28-18-10-20-30-26(34)32-22-24-13-5-2-6-14-24;/h1-6,11-14,27-28H,7-10,15-22H2,(H2,29,31,33)(H2,30,32,34);1H4. The normalized spacial score (nSPS) is 10.2. The van der Waals surface area contributed by atoms with Gasteiger partial charge in [0.1, 0.15) is 0 Å². The Hall–Kier alpha value is -3.10. The second-order valence-electron chi connectivity index (χ2n) is 8.10. The van der Waals surface area contributed by atoms with Gasteiger partial charge in [-0.15, -0.1) is 0 Å². The molecule has 0 aliphatic heterocycles. The molecule has 0 aromatic heterocycles. The number of hydrogen-bond donors (Lipinski definition) is 6. The number of hydrogen-bond acceptors (Lipinski definition) is 4. The maximum Gasteiger partial charge on any atom is 0.315 e. The van der Waals surface area contributed by atoms with Gasteiger partial charge >= 0.3 is 12.1 Å². The predicted octanol–water partition coefficient (Wildman–Crippen LogP) is 3.36. The average Bonchev–Trinajstić information content (AvgIpc) is 2.87. The van der Waals surface area contributed by atoms with Crippen LogP contribution in [0.25, 0.3) is 0 Å². The molecule has 2 aromatic rings. The Morgan fingerprint density at radius 3 is 1.26 bits per heavy atom. The van der Waals surface area contributed by atoms with E-state index in [4.69, 9.17) is 0 Å². The Kier molecular flexibility index (Phi) is 17.4. The molecule has 194 valence electrons. The smallest absolute Gasteiger partial charge is 0.315 e. The summed E-state index contributed by atoms with van der Waals surface area (Å²) in [5.74, 6) is 0. The highest BCUT2D eigenvalue weighted by atomic mass is 16.2.